The molecule has 4 nitrogen and oxygen atoms in total. The third kappa shape index (κ3) is 1.90. The Morgan fingerprint density at radius 1 is 1.12 bits per heavy atom. The summed E-state index contributed by atoms with van der Waals surface area (Å²) in [6.07, 6.45) is 5.42. The van der Waals surface area contributed by atoms with Crippen LogP contribution in [0, 0.1) is 0 Å². The molecule has 4 heteroatoms. The first-order chi connectivity index (χ1) is 8.34. The highest BCUT2D eigenvalue weighted by molar-refractivity contribution is 5.48. The van der Waals surface area contributed by atoms with Crippen LogP contribution in [0.15, 0.2) is 35.3 Å². The van der Waals surface area contributed by atoms with Gasteiger partial charge in [0.25, 0.3) is 5.56 Å². The zero-order chi connectivity index (χ0) is 11.7. The summed E-state index contributed by atoms with van der Waals surface area (Å²) in [6.45, 7) is 2.02. The first-order valence-corrected chi connectivity index (χ1v) is 6.08. The molecule has 0 unspecified atom stereocenters. The second-order valence-electron chi connectivity index (χ2n) is 4.43. The van der Waals surface area contributed by atoms with Crippen LogP contribution in [0.1, 0.15) is 19.3 Å². The van der Waals surface area contributed by atoms with Crippen molar-refractivity contribution in [3.63, 3.8) is 0 Å². The van der Waals surface area contributed by atoms with Crippen LogP contribution in [-0.4, -0.2) is 22.5 Å². The summed E-state index contributed by atoms with van der Waals surface area (Å²) in [7, 11) is 0. The molecule has 0 saturated carbocycles. The van der Waals surface area contributed by atoms with Gasteiger partial charge in [0, 0.05) is 25.4 Å². The standard InChI is InChI=1S/C13H15N3O/c17-13-10-12(15-7-3-1-4-8-15)14-11-6-2-5-9-16(11)13/h2,5-6,9-10H,1,3-4,7-8H2. The van der Waals surface area contributed by atoms with Crippen LogP contribution >= 0.6 is 0 Å². The van der Waals surface area contributed by atoms with Gasteiger partial charge >= 0.3 is 0 Å². The molecule has 0 spiro atoms. The molecule has 0 radical (unpaired) electrons. The molecule has 0 aromatic carbocycles. The normalized spacial score (nSPS) is 16.4. The molecule has 17 heavy (non-hydrogen) atoms. The first-order valence-electron chi connectivity index (χ1n) is 6.08. The molecule has 3 rings (SSSR count). The van der Waals surface area contributed by atoms with Crippen molar-refractivity contribution < 1.29 is 0 Å². The van der Waals surface area contributed by atoms with Crippen molar-refractivity contribution in [1.29, 1.82) is 0 Å². The molecule has 1 saturated heterocycles. The van der Waals surface area contributed by atoms with Gasteiger partial charge in [0.2, 0.25) is 0 Å². The molecular weight excluding hydrogens is 214 g/mol. The Labute approximate surface area is 99.5 Å². The maximum Gasteiger partial charge on any atom is 0.259 e. The van der Waals surface area contributed by atoms with E-state index in [1.54, 1.807) is 16.7 Å². The number of hydrogen-bond acceptors (Lipinski definition) is 3. The molecule has 0 aliphatic carbocycles. The smallest absolute Gasteiger partial charge is 0.259 e. The zero-order valence-electron chi connectivity index (χ0n) is 9.67. The summed E-state index contributed by atoms with van der Waals surface area (Å²) >= 11 is 0. The van der Waals surface area contributed by atoms with Gasteiger partial charge in [0.15, 0.2) is 0 Å². The average molecular weight is 229 g/mol. The van der Waals surface area contributed by atoms with Crippen LogP contribution in [0.5, 0.6) is 0 Å². The third-order valence-corrected chi connectivity index (χ3v) is 3.24. The fourth-order valence-electron chi connectivity index (χ4n) is 2.33. The third-order valence-electron chi connectivity index (χ3n) is 3.24. The molecule has 1 aliphatic heterocycles. The number of piperidine rings is 1. The average Bonchev–Trinajstić information content (AvgIpc) is 2.40. The molecule has 1 aliphatic rings. The summed E-state index contributed by atoms with van der Waals surface area (Å²) in [5, 5.41) is 0. The van der Waals surface area contributed by atoms with Crippen LogP contribution in [0.25, 0.3) is 5.65 Å². The lowest BCUT2D eigenvalue weighted by molar-refractivity contribution is 0.573. The van der Waals surface area contributed by atoms with Crippen molar-refractivity contribution in [2.24, 2.45) is 0 Å². The highest BCUT2D eigenvalue weighted by Gasteiger charge is 2.13. The SMILES string of the molecule is O=c1cc(N2CCCCC2)nc2ccccn12. The molecule has 0 atom stereocenters. The van der Waals surface area contributed by atoms with Crippen molar-refractivity contribution in [2.45, 2.75) is 19.3 Å². The van der Waals surface area contributed by atoms with Gasteiger partial charge in [0.1, 0.15) is 11.5 Å². The lowest BCUT2D eigenvalue weighted by Crippen LogP contribution is -2.31. The number of rotatable bonds is 1. The molecule has 0 N–H and O–H groups in total. The topological polar surface area (TPSA) is 37.6 Å². The number of nitrogens with zero attached hydrogens (tertiary/aromatic N) is 3. The number of aromatic nitrogens is 2. The van der Waals surface area contributed by atoms with Gasteiger partial charge in [0.05, 0.1) is 0 Å². The maximum absolute atomic E-state index is 11.9. The Morgan fingerprint density at radius 3 is 2.76 bits per heavy atom. The predicted octanol–water partition coefficient (Wildman–Crippen LogP) is 1.68. The van der Waals surface area contributed by atoms with Gasteiger partial charge in [-0.2, -0.15) is 0 Å². The van der Waals surface area contributed by atoms with Gasteiger partial charge in [-0.25, -0.2) is 4.98 Å². The summed E-state index contributed by atoms with van der Waals surface area (Å²) in [4.78, 5) is 18.7. The van der Waals surface area contributed by atoms with E-state index < -0.39 is 0 Å². The van der Waals surface area contributed by atoms with Crippen LogP contribution in [0.2, 0.25) is 0 Å². The van der Waals surface area contributed by atoms with Gasteiger partial charge in [-0.3, -0.25) is 9.20 Å². The molecule has 2 aromatic rings. The Kier molecular flexibility index (Phi) is 2.55. The van der Waals surface area contributed by atoms with Crippen molar-refractivity contribution in [2.75, 3.05) is 18.0 Å². The second-order valence-corrected chi connectivity index (χ2v) is 4.43. The number of hydrogen-bond donors (Lipinski definition) is 0. The van der Waals surface area contributed by atoms with Crippen LogP contribution in [0.3, 0.4) is 0 Å². The Morgan fingerprint density at radius 2 is 1.94 bits per heavy atom. The van der Waals surface area contributed by atoms with Crippen LogP contribution in [0.4, 0.5) is 5.82 Å². The fraction of sp³-hybridized carbons (Fsp3) is 0.385. The molecule has 1 fully saturated rings. The summed E-state index contributed by atoms with van der Waals surface area (Å²) in [5.74, 6) is 0.820. The summed E-state index contributed by atoms with van der Waals surface area (Å²) in [5.41, 5.74) is 0.719. The van der Waals surface area contributed by atoms with Gasteiger partial charge in [-0.15, -0.1) is 0 Å². The number of fused-ring (bicyclic) bond motifs is 1. The lowest BCUT2D eigenvalue weighted by atomic mass is 10.1. The highest BCUT2D eigenvalue weighted by atomic mass is 16.1. The predicted molar refractivity (Wildman–Crippen MR) is 67.5 cm³/mol. The monoisotopic (exact) mass is 229 g/mol. The Bertz CT molecular complexity index is 584. The molecule has 0 amide bonds. The van der Waals surface area contributed by atoms with E-state index in [0.29, 0.717) is 0 Å². The Balaban J connectivity index is 2.08. The maximum atomic E-state index is 11.9. The van der Waals surface area contributed by atoms with Crippen molar-refractivity contribution >= 4 is 11.5 Å². The van der Waals surface area contributed by atoms with Crippen LogP contribution in [-0.2, 0) is 0 Å². The van der Waals surface area contributed by atoms with E-state index in [0.717, 1.165) is 24.6 Å². The fourth-order valence-corrected chi connectivity index (χ4v) is 2.33. The van der Waals surface area contributed by atoms with Crippen LogP contribution < -0.4 is 10.5 Å². The van der Waals surface area contributed by atoms with E-state index in [1.807, 2.05) is 18.2 Å². The number of pyridine rings is 1. The second kappa shape index (κ2) is 4.20. The van der Waals surface area contributed by atoms with Crippen molar-refractivity contribution in [1.82, 2.24) is 9.38 Å². The minimum Gasteiger partial charge on any atom is -0.356 e. The molecule has 3 heterocycles. The number of anilines is 1. The highest BCUT2D eigenvalue weighted by Crippen LogP contribution is 2.16. The molecule has 2 aromatic heterocycles. The van der Waals surface area contributed by atoms with Gasteiger partial charge in [-0.1, -0.05) is 6.07 Å². The zero-order valence-corrected chi connectivity index (χ0v) is 9.67. The minimum absolute atomic E-state index is 0.00354. The van der Waals surface area contributed by atoms with E-state index >= 15 is 0 Å². The molecule has 88 valence electrons. The summed E-state index contributed by atoms with van der Waals surface area (Å²) in [6, 6.07) is 7.26. The van der Waals surface area contributed by atoms with Crippen molar-refractivity contribution in [3.8, 4) is 0 Å². The van der Waals surface area contributed by atoms with E-state index in [1.165, 1.54) is 19.3 Å². The molecular formula is C13H15N3O. The van der Waals surface area contributed by atoms with E-state index in [-0.39, 0.29) is 5.56 Å². The van der Waals surface area contributed by atoms with E-state index in [4.69, 9.17) is 0 Å². The largest absolute Gasteiger partial charge is 0.356 e. The lowest BCUT2D eigenvalue weighted by Gasteiger charge is -2.27. The quantitative estimate of drug-likeness (QED) is 0.746. The van der Waals surface area contributed by atoms with Gasteiger partial charge in [-0.05, 0) is 31.4 Å². The first kappa shape index (κ1) is 10.3. The molecule has 0 bridgehead atoms. The summed E-state index contributed by atoms with van der Waals surface area (Å²) < 4.78 is 1.58. The van der Waals surface area contributed by atoms with E-state index in [9.17, 15) is 4.79 Å². The van der Waals surface area contributed by atoms with E-state index in [2.05, 4.69) is 9.88 Å². The van der Waals surface area contributed by atoms with Gasteiger partial charge < -0.3 is 4.90 Å². The minimum atomic E-state index is -0.00354. The Hall–Kier alpha value is -1.84. The van der Waals surface area contributed by atoms with Crippen molar-refractivity contribution in [3.05, 3.63) is 40.8 Å².